The molecule has 0 amide bonds. The van der Waals surface area contributed by atoms with E-state index in [0.717, 1.165) is 12.1 Å². The highest BCUT2D eigenvalue weighted by atomic mass is 19.4. The molecule has 3 N–H and O–H groups in total. The van der Waals surface area contributed by atoms with E-state index in [4.69, 9.17) is 5.73 Å². The van der Waals surface area contributed by atoms with Gasteiger partial charge in [0, 0.05) is 6.07 Å². The van der Waals surface area contributed by atoms with E-state index in [1.165, 1.54) is 24.3 Å². The lowest BCUT2D eigenvalue weighted by atomic mass is 9.95. The van der Waals surface area contributed by atoms with Gasteiger partial charge in [-0.25, -0.2) is 0 Å². The largest absolute Gasteiger partial charge is 0.573 e. The zero-order valence-corrected chi connectivity index (χ0v) is 12.4. The van der Waals surface area contributed by atoms with Crippen LogP contribution in [0.5, 0.6) is 11.5 Å². The number of phenolic OH excluding ortho intramolecular Hbond substituents is 1. The molecule has 0 unspecified atom stereocenters. The zero-order valence-electron chi connectivity index (χ0n) is 12.4. The van der Waals surface area contributed by atoms with E-state index in [0.29, 0.717) is 5.56 Å². The van der Waals surface area contributed by atoms with Crippen molar-refractivity contribution in [1.82, 2.24) is 0 Å². The fourth-order valence-corrected chi connectivity index (χ4v) is 2.22. The number of benzene rings is 2. The van der Waals surface area contributed by atoms with Gasteiger partial charge in [0.05, 0.1) is 16.5 Å². The molecule has 6 nitrogen and oxygen atoms in total. The zero-order chi connectivity index (χ0) is 18.1. The van der Waals surface area contributed by atoms with Crippen molar-refractivity contribution in [3.8, 4) is 11.5 Å². The number of halogens is 3. The summed E-state index contributed by atoms with van der Waals surface area (Å²) in [4.78, 5) is 10.4. The molecule has 0 saturated carbocycles. The number of hydrogen-bond acceptors (Lipinski definition) is 5. The first kappa shape index (κ1) is 17.5. The summed E-state index contributed by atoms with van der Waals surface area (Å²) in [5.41, 5.74) is 6.17. The van der Waals surface area contributed by atoms with Crippen LogP contribution in [-0.2, 0) is 0 Å². The lowest BCUT2D eigenvalue weighted by Crippen LogP contribution is -2.17. The second-order valence-corrected chi connectivity index (χ2v) is 5.02. The quantitative estimate of drug-likeness (QED) is 0.654. The van der Waals surface area contributed by atoms with Crippen LogP contribution in [0.4, 0.5) is 18.9 Å². The molecule has 1 atom stereocenters. The Balaban J connectivity index is 2.40. The van der Waals surface area contributed by atoms with Gasteiger partial charge in [-0.1, -0.05) is 12.1 Å². The summed E-state index contributed by atoms with van der Waals surface area (Å²) in [5.74, 6) is -0.770. The van der Waals surface area contributed by atoms with Crippen LogP contribution in [0.25, 0.3) is 0 Å². The predicted octanol–water partition coefficient (Wildman–Crippen LogP) is 3.56. The molecule has 0 aromatic heterocycles. The van der Waals surface area contributed by atoms with E-state index < -0.39 is 23.1 Å². The molecule has 2 aromatic carbocycles. The molecule has 0 heterocycles. The minimum Gasteiger partial charge on any atom is -0.507 e. The summed E-state index contributed by atoms with van der Waals surface area (Å²) in [6.45, 7) is 1.55. The minimum absolute atomic E-state index is 0.107. The molecule has 0 aliphatic heterocycles. The van der Waals surface area contributed by atoms with Crippen molar-refractivity contribution in [3.05, 3.63) is 63.2 Å². The van der Waals surface area contributed by atoms with E-state index in [2.05, 4.69) is 4.74 Å². The van der Waals surface area contributed by atoms with Crippen molar-refractivity contribution < 1.29 is 27.9 Å². The molecule has 0 spiro atoms. The van der Waals surface area contributed by atoms with Crippen LogP contribution >= 0.6 is 0 Å². The average molecular weight is 342 g/mol. The molecule has 2 aromatic rings. The second kappa shape index (κ2) is 6.36. The molecule has 2 rings (SSSR count). The Morgan fingerprint density at radius 2 is 1.79 bits per heavy atom. The topological polar surface area (TPSA) is 98.6 Å². The maximum absolute atomic E-state index is 12.1. The smallest absolute Gasteiger partial charge is 0.507 e. The molecule has 128 valence electrons. The number of ether oxygens (including phenoxy) is 1. The van der Waals surface area contributed by atoms with Crippen LogP contribution in [0.2, 0.25) is 0 Å². The van der Waals surface area contributed by atoms with Crippen molar-refractivity contribution in [3.63, 3.8) is 0 Å². The van der Waals surface area contributed by atoms with Crippen LogP contribution in [0.15, 0.2) is 36.4 Å². The Bertz CT molecular complexity index is 761. The normalized spacial score (nSPS) is 12.7. The van der Waals surface area contributed by atoms with Gasteiger partial charge in [-0.15, -0.1) is 13.2 Å². The van der Waals surface area contributed by atoms with Crippen molar-refractivity contribution in [1.29, 1.82) is 0 Å². The van der Waals surface area contributed by atoms with Crippen LogP contribution < -0.4 is 10.5 Å². The Kier molecular flexibility index (Phi) is 4.65. The molecule has 0 radical (unpaired) electrons. The Morgan fingerprint density at radius 3 is 2.29 bits per heavy atom. The third-order valence-electron chi connectivity index (χ3n) is 3.38. The first-order valence-electron chi connectivity index (χ1n) is 6.68. The predicted molar refractivity (Wildman–Crippen MR) is 78.7 cm³/mol. The lowest BCUT2D eigenvalue weighted by Gasteiger charge is -2.16. The second-order valence-electron chi connectivity index (χ2n) is 5.02. The number of nitro groups is 1. The van der Waals surface area contributed by atoms with Crippen LogP contribution in [0.3, 0.4) is 0 Å². The van der Waals surface area contributed by atoms with Gasteiger partial charge in [0.2, 0.25) is 0 Å². The SMILES string of the molecule is Cc1ccc([N+](=O)[O-])c([C@H](N)c2ccc(OC(F)(F)F)cc2)c1O. The number of nitrogens with two attached hydrogens (primary N) is 1. The van der Waals surface area contributed by atoms with Gasteiger partial charge in [-0.05, 0) is 36.2 Å². The standard InChI is InChI=1S/C15H13F3N2O4/c1-8-2-7-11(20(22)23)12(14(8)21)13(19)9-3-5-10(6-4-9)24-15(16,17)18/h2-7,13,21H,19H2,1H3/t13-/m1/s1. The maximum Gasteiger partial charge on any atom is 0.573 e. The van der Waals surface area contributed by atoms with Gasteiger partial charge >= 0.3 is 6.36 Å². The summed E-state index contributed by atoms with van der Waals surface area (Å²) in [6, 6.07) is 6.08. The fourth-order valence-electron chi connectivity index (χ4n) is 2.22. The number of nitrogens with zero attached hydrogens (tertiary/aromatic N) is 1. The number of aromatic hydroxyl groups is 1. The third-order valence-corrected chi connectivity index (χ3v) is 3.38. The van der Waals surface area contributed by atoms with E-state index in [1.807, 2.05) is 0 Å². The van der Waals surface area contributed by atoms with Gasteiger partial charge < -0.3 is 15.6 Å². The van der Waals surface area contributed by atoms with E-state index in [-0.39, 0.29) is 22.6 Å². The van der Waals surface area contributed by atoms with E-state index in [9.17, 15) is 28.4 Å². The average Bonchev–Trinajstić information content (AvgIpc) is 2.48. The molecular formula is C15H13F3N2O4. The van der Waals surface area contributed by atoms with Crippen molar-refractivity contribution in [2.75, 3.05) is 0 Å². The van der Waals surface area contributed by atoms with Crippen molar-refractivity contribution in [2.45, 2.75) is 19.3 Å². The third kappa shape index (κ3) is 3.74. The monoisotopic (exact) mass is 342 g/mol. The number of aryl methyl sites for hydroxylation is 1. The van der Waals surface area contributed by atoms with Gasteiger partial charge in [0.25, 0.3) is 5.69 Å². The summed E-state index contributed by atoms with van der Waals surface area (Å²) >= 11 is 0. The Morgan fingerprint density at radius 1 is 1.21 bits per heavy atom. The minimum atomic E-state index is -4.82. The highest BCUT2D eigenvalue weighted by molar-refractivity contribution is 5.57. The van der Waals surface area contributed by atoms with E-state index >= 15 is 0 Å². The molecule has 0 saturated heterocycles. The van der Waals surface area contributed by atoms with Gasteiger partial charge in [0.1, 0.15) is 11.5 Å². The number of hydrogen-bond donors (Lipinski definition) is 2. The summed E-state index contributed by atoms with van der Waals surface area (Å²) in [5, 5.41) is 21.2. The molecule has 0 aliphatic carbocycles. The first-order chi connectivity index (χ1) is 11.1. The highest BCUT2D eigenvalue weighted by Crippen LogP contribution is 2.38. The number of nitro benzene ring substituents is 1. The maximum atomic E-state index is 12.1. The van der Waals surface area contributed by atoms with Crippen LogP contribution in [-0.4, -0.2) is 16.4 Å². The van der Waals surface area contributed by atoms with Crippen LogP contribution in [0, 0.1) is 17.0 Å². The number of alkyl halides is 3. The molecule has 9 heteroatoms. The Labute approximate surface area is 134 Å². The molecule has 24 heavy (non-hydrogen) atoms. The number of rotatable bonds is 4. The molecule has 0 aliphatic rings. The molecule has 0 fully saturated rings. The molecular weight excluding hydrogens is 329 g/mol. The fraction of sp³-hybridized carbons (Fsp3) is 0.200. The summed E-state index contributed by atoms with van der Waals surface area (Å²) in [6.07, 6.45) is -4.82. The lowest BCUT2D eigenvalue weighted by molar-refractivity contribution is -0.385. The summed E-state index contributed by atoms with van der Waals surface area (Å²) in [7, 11) is 0. The first-order valence-corrected chi connectivity index (χ1v) is 6.68. The molecule has 0 bridgehead atoms. The highest BCUT2D eigenvalue weighted by Gasteiger charge is 2.31. The van der Waals surface area contributed by atoms with Crippen LogP contribution in [0.1, 0.15) is 22.7 Å². The van der Waals surface area contributed by atoms with Crippen molar-refractivity contribution in [2.24, 2.45) is 5.73 Å². The van der Waals surface area contributed by atoms with Gasteiger partial charge in [-0.3, -0.25) is 10.1 Å². The van der Waals surface area contributed by atoms with Crippen molar-refractivity contribution >= 4 is 5.69 Å². The van der Waals surface area contributed by atoms with Gasteiger partial charge in [-0.2, -0.15) is 0 Å². The number of phenols is 1. The Hall–Kier alpha value is -2.81. The van der Waals surface area contributed by atoms with E-state index in [1.54, 1.807) is 6.92 Å². The van der Waals surface area contributed by atoms with Gasteiger partial charge in [0.15, 0.2) is 0 Å². The summed E-state index contributed by atoms with van der Waals surface area (Å²) < 4.78 is 40.2.